The van der Waals surface area contributed by atoms with E-state index >= 15 is 0 Å². The minimum Gasteiger partial charge on any atom is -0.333 e. The number of carbonyl (C=O) groups excluding carboxylic acids is 2. The van der Waals surface area contributed by atoms with E-state index in [0.717, 1.165) is 12.8 Å². The van der Waals surface area contributed by atoms with E-state index in [1.165, 1.54) is 17.7 Å². The van der Waals surface area contributed by atoms with Gasteiger partial charge < -0.3 is 5.32 Å². The average molecular weight is 294 g/mol. The lowest BCUT2D eigenvalue weighted by molar-refractivity contribution is -0.706. The summed E-state index contributed by atoms with van der Waals surface area (Å²) < 4.78 is 0. The van der Waals surface area contributed by atoms with Crippen molar-refractivity contribution >= 4 is 29.1 Å². The molecule has 1 heterocycles. The fraction of sp³-hybridized carbons (Fsp3) is 0.467. The molecule has 4 nitrogen and oxygen atoms in total. The van der Waals surface area contributed by atoms with E-state index in [0.29, 0.717) is 23.2 Å². The molecule has 0 radical (unpaired) electrons. The summed E-state index contributed by atoms with van der Waals surface area (Å²) in [6.45, 7) is 0. The highest BCUT2D eigenvalue weighted by Gasteiger charge is 2.43. The van der Waals surface area contributed by atoms with Crippen LogP contribution in [0.3, 0.4) is 0 Å². The Morgan fingerprint density at radius 3 is 2.40 bits per heavy atom. The number of halogens is 1. The Kier molecular flexibility index (Phi) is 3.76. The molecule has 0 bridgehead atoms. The zero-order valence-electron chi connectivity index (χ0n) is 11.2. The minimum atomic E-state index is -0.249. The first-order valence-corrected chi connectivity index (χ1v) is 7.50. The van der Waals surface area contributed by atoms with Gasteiger partial charge in [0, 0.05) is 5.02 Å². The number of nitrogens with zero attached hydrogens (tertiary/aromatic N) is 1. The Morgan fingerprint density at radius 2 is 1.75 bits per heavy atom. The van der Waals surface area contributed by atoms with Crippen LogP contribution in [0, 0.1) is 0 Å². The highest BCUT2D eigenvalue weighted by Crippen LogP contribution is 2.24. The highest BCUT2D eigenvalue weighted by molar-refractivity contribution is 6.30. The van der Waals surface area contributed by atoms with Crippen LogP contribution in [-0.2, 0) is 9.59 Å². The first-order valence-electron chi connectivity index (χ1n) is 7.12. The molecule has 2 N–H and O–H groups in total. The van der Waals surface area contributed by atoms with Gasteiger partial charge in [-0.3, -0.25) is 9.59 Å². The van der Waals surface area contributed by atoms with E-state index in [4.69, 9.17) is 11.6 Å². The molecular formula is C15H18ClN2O2+. The van der Waals surface area contributed by atoms with Crippen molar-refractivity contribution in [1.29, 1.82) is 0 Å². The maximum absolute atomic E-state index is 12.4. The monoisotopic (exact) mass is 293 g/mol. The average Bonchev–Trinajstić information content (AvgIpc) is 3.02. The van der Waals surface area contributed by atoms with Crippen molar-refractivity contribution in [3.05, 3.63) is 29.3 Å². The lowest BCUT2D eigenvalue weighted by Gasteiger charge is -2.16. The lowest BCUT2D eigenvalue weighted by atomic mass is 10.2. The van der Waals surface area contributed by atoms with Crippen LogP contribution < -0.4 is 10.2 Å². The molecule has 1 aromatic carbocycles. The van der Waals surface area contributed by atoms with E-state index < -0.39 is 0 Å². The summed E-state index contributed by atoms with van der Waals surface area (Å²) in [6, 6.07) is 7.09. The van der Waals surface area contributed by atoms with Crippen LogP contribution in [0.5, 0.6) is 0 Å². The van der Waals surface area contributed by atoms with Gasteiger partial charge in [0.25, 0.3) is 5.91 Å². The van der Waals surface area contributed by atoms with Gasteiger partial charge in [-0.1, -0.05) is 11.6 Å². The number of rotatable bonds is 3. The lowest BCUT2D eigenvalue weighted by Crippen LogP contribution is -2.95. The van der Waals surface area contributed by atoms with Crippen molar-refractivity contribution in [2.24, 2.45) is 0 Å². The number of carbonyl (C=O) groups is 2. The Labute approximate surface area is 123 Å². The van der Waals surface area contributed by atoms with Crippen LogP contribution in [-0.4, -0.2) is 23.9 Å². The summed E-state index contributed by atoms with van der Waals surface area (Å²) in [6.07, 6.45) is 5.07. The first-order chi connectivity index (χ1) is 9.65. The second-order valence-corrected chi connectivity index (χ2v) is 6.03. The van der Waals surface area contributed by atoms with Crippen LogP contribution in [0.25, 0.3) is 0 Å². The van der Waals surface area contributed by atoms with Crippen molar-refractivity contribution in [3.63, 3.8) is 0 Å². The van der Waals surface area contributed by atoms with Gasteiger partial charge in [0.05, 0.1) is 18.2 Å². The predicted molar refractivity (Wildman–Crippen MR) is 76.5 cm³/mol. The Bertz CT molecular complexity index is 523. The summed E-state index contributed by atoms with van der Waals surface area (Å²) in [5.41, 5.74) is 0.617. The highest BCUT2D eigenvalue weighted by atomic mass is 35.5. The number of amides is 2. The fourth-order valence-electron chi connectivity index (χ4n) is 3.15. The van der Waals surface area contributed by atoms with Crippen molar-refractivity contribution in [1.82, 2.24) is 0 Å². The molecule has 106 valence electrons. The third-order valence-corrected chi connectivity index (χ3v) is 4.42. The van der Waals surface area contributed by atoms with Crippen LogP contribution in [0.1, 0.15) is 32.1 Å². The van der Waals surface area contributed by atoms with Crippen LogP contribution in [0.2, 0.25) is 5.02 Å². The maximum Gasteiger partial charge on any atom is 0.292 e. The minimum absolute atomic E-state index is 0.0933. The molecule has 3 rings (SSSR count). The van der Waals surface area contributed by atoms with E-state index in [-0.39, 0.29) is 17.9 Å². The second-order valence-electron chi connectivity index (χ2n) is 5.59. The molecule has 0 spiro atoms. The van der Waals surface area contributed by atoms with Crippen molar-refractivity contribution in [3.8, 4) is 0 Å². The zero-order valence-corrected chi connectivity index (χ0v) is 12.0. The third-order valence-electron chi connectivity index (χ3n) is 4.17. The standard InChI is InChI=1S/C15H17ClN2O2/c16-10-5-7-12(8-6-10)18-14(19)9-13(15(18)20)17-11-3-1-2-4-11/h5-8,11,13,17H,1-4,9H2/p+1. The Balaban J connectivity index is 1.74. The normalized spacial score (nSPS) is 23.9. The molecule has 1 aliphatic carbocycles. The number of nitrogens with two attached hydrogens (primary N) is 1. The van der Waals surface area contributed by atoms with Crippen molar-refractivity contribution in [2.75, 3.05) is 4.90 Å². The van der Waals surface area contributed by atoms with E-state index in [1.807, 2.05) is 0 Å². The molecule has 0 aromatic heterocycles. The largest absolute Gasteiger partial charge is 0.333 e. The second kappa shape index (κ2) is 5.54. The molecule has 5 heteroatoms. The van der Waals surface area contributed by atoms with Gasteiger partial charge in [-0.15, -0.1) is 0 Å². The van der Waals surface area contributed by atoms with E-state index in [1.54, 1.807) is 24.3 Å². The molecule has 1 atom stereocenters. The molecule has 2 fully saturated rings. The molecule has 1 saturated heterocycles. The Morgan fingerprint density at radius 1 is 1.10 bits per heavy atom. The van der Waals surface area contributed by atoms with E-state index in [2.05, 4.69) is 5.32 Å². The number of hydrogen-bond donors (Lipinski definition) is 1. The number of quaternary nitrogens is 1. The first kappa shape index (κ1) is 13.6. The number of hydrogen-bond acceptors (Lipinski definition) is 2. The van der Waals surface area contributed by atoms with Crippen LogP contribution in [0.4, 0.5) is 5.69 Å². The topological polar surface area (TPSA) is 54.0 Å². The summed E-state index contributed by atoms with van der Waals surface area (Å²) in [4.78, 5) is 25.8. The molecule has 20 heavy (non-hydrogen) atoms. The fourth-order valence-corrected chi connectivity index (χ4v) is 3.27. The van der Waals surface area contributed by atoms with Gasteiger partial charge in [-0.25, -0.2) is 4.90 Å². The van der Waals surface area contributed by atoms with E-state index in [9.17, 15) is 9.59 Å². The predicted octanol–water partition coefficient (Wildman–Crippen LogP) is 1.48. The van der Waals surface area contributed by atoms with Gasteiger partial charge in [-0.05, 0) is 49.9 Å². The molecule has 1 aromatic rings. The van der Waals surface area contributed by atoms with Crippen molar-refractivity contribution in [2.45, 2.75) is 44.2 Å². The zero-order chi connectivity index (χ0) is 14.1. The van der Waals surface area contributed by atoms with Crippen LogP contribution in [0.15, 0.2) is 24.3 Å². The molecular weight excluding hydrogens is 276 g/mol. The molecule has 2 aliphatic rings. The molecule has 1 unspecified atom stereocenters. The number of anilines is 1. The van der Waals surface area contributed by atoms with Gasteiger partial charge in [0.2, 0.25) is 5.91 Å². The third kappa shape index (κ3) is 2.58. The van der Waals surface area contributed by atoms with Gasteiger partial charge in [0.15, 0.2) is 6.04 Å². The van der Waals surface area contributed by atoms with Gasteiger partial charge in [-0.2, -0.15) is 0 Å². The van der Waals surface area contributed by atoms with Crippen LogP contribution >= 0.6 is 11.6 Å². The Hall–Kier alpha value is -1.39. The summed E-state index contributed by atoms with van der Waals surface area (Å²) in [7, 11) is 0. The van der Waals surface area contributed by atoms with Gasteiger partial charge >= 0.3 is 0 Å². The smallest absolute Gasteiger partial charge is 0.292 e. The summed E-state index contributed by atoms with van der Waals surface area (Å²) in [5.74, 6) is -0.208. The quantitative estimate of drug-likeness (QED) is 0.858. The number of benzene rings is 1. The maximum atomic E-state index is 12.4. The number of imide groups is 1. The van der Waals surface area contributed by atoms with Crippen molar-refractivity contribution < 1.29 is 14.9 Å². The SMILES string of the molecule is O=C1CC([NH2+]C2CCCC2)C(=O)N1c1ccc(Cl)cc1. The van der Waals surface area contributed by atoms with Gasteiger partial charge in [0.1, 0.15) is 0 Å². The summed E-state index contributed by atoms with van der Waals surface area (Å²) >= 11 is 5.84. The molecule has 2 amide bonds. The molecule has 1 aliphatic heterocycles. The summed E-state index contributed by atoms with van der Waals surface area (Å²) in [5, 5.41) is 2.70. The molecule has 1 saturated carbocycles.